The van der Waals surface area contributed by atoms with Gasteiger partial charge in [0.25, 0.3) is 0 Å². The van der Waals surface area contributed by atoms with Crippen LogP contribution in [0, 0.1) is 0 Å². The van der Waals surface area contributed by atoms with Crippen LogP contribution in [-0.2, 0) is 0 Å². The molecule has 4 heteroatoms. The molecule has 0 saturated heterocycles. The Morgan fingerprint density at radius 2 is 1.50 bits per heavy atom. The van der Waals surface area contributed by atoms with Crippen LogP contribution in [0.1, 0.15) is 16.1 Å². The standard InChI is InChI=1S/C22H14ClNO2/c23-16-11-12-18-17(13-16)22(26)19(14-7-3-1-4-8-14)20(24-18)21(25)15-9-5-2-6-10-15/h1-13H,(H,24,26). The lowest BCUT2D eigenvalue weighted by Gasteiger charge is -2.11. The molecule has 3 aromatic carbocycles. The number of hydrogen-bond acceptors (Lipinski definition) is 2. The average molecular weight is 360 g/mol. The first kappa shape index (κ1) is 16.3. The zero-order valence-electron chi connectivity index (χ0n) is 13.7. The van der Waals surface area contributed by atoms with Crippen molar-refractivity contribution in [1.29, 1.82) is 0 Å². The fourth-order valence-corrected chi connectivity index (χ4v) is 3.22. The van der Waals surface area contributed by atoms with E-state index >= 15 is 0 Å². The van der Waals surface area contributed by atoms with Gasteiger partial charge in [-0.05, 0) is 23.8 Å². The molecule has 0 spiro atoms. The smallest absolute Gasteiger partial charge is 0.209 e. The summed E-state index contributed by atoms with van der Waals surface area (Å²) in [5.41, 5.74) is 2.21. The third kappa shape index (κ3) is 2.83. The van der Waals surface area contributed by atoms with Crippen LogP contribution in [0.5, 0.6) is 0 Å². The number of fused-ring (bicyclic) bond motifs is 1. The molecule has 1 aromatic heterocycles. The molecule has 0 radical (unpaired) electrons. The zero-order valence-corrected chi connectivity index (χ0v) is 14.5. The largest absolute Gasteiger partial charge is 0.351 e. The molecular formula is C22H14ClNO2. The second-order valence-corrected chi connectivity index (χ2v) is 6.39. The number of aromatic amines is 1. The van der Waals surface area contributed by atoms with Crippen LogP contribution in [0.2, 0.25) is 5.02 Å². The summed E-state index contributed by atoms with van der Waals surface area (Å²) in [6, 6.07) is 23.2. The molecule has 0 aliphatic rings. The lowest BCUT2D eigenvalue weighted by molar-refractivity contribution is 0.103. The van der Waals surface area contributed by atoms with E-state index in [0.29, 0.717) is 32.6 Å². The fourth-order valence-electron chi connectivity index (χ4n) is 3.04. The molecule has 0 amide bonds. The van der Waals surface area contributed by atoms with Crippen LogP contribution in [0.25, 0.3) is 22.0 Å². The van der Waals surface area contributed by atoms with Crippen molar-refractivity contribution in [3.8, 4) is 11.1 Å². The van der Waals surface area contributed by atoms with E-state index in [4.69, 9.17) is 11.6 Å². The van der Waals surface area contributed by atoms with Crippen LogP contribution in [0.15, 0.2) is 83.7 Å². The first-order chi connectivity index (χ1) is 12.6. The minimum absolute atomic E-state index is 0.216. The summed E-state index contributed by atoms with van der Waals surface area (Å²) in [4.78, 5) is 29.5. The minimum Gasteiger partial charge on any atom is -0.351 e. The number of hydrogen-bond donors (Lipinski definition) is 1. The highest BCUT2D eigenvalue weighted by Crippen LogP contribution is 2.25. The predicted molar refractivity (Wildman–Crippen MR) is 105 cm³/mol. The molecule has 1 heterocycles. The Kier molecular flexibility index (Phi) is 4.15. The van der Waals surface area contributed by atoms with Gasteiger partial charge in [-0.2, -0.15) is 0 Å². The third-order valence-electron chi connectivity index (χ3n) is 4.29. The number of H-pyrrole nitrogens is 1. The zero-order chi connectivity index (χ0) is 18.1. The van der Waals surface area contributed by atoms with Crippen molar-refractivity contribution in [2.24, 2.45) is 0 Å². The Morgan fingerprint density at radius 1 is 0.846 bits per heavy atom. The number of rotatable bonds is 3. The molecular weight excluding hydrogens is 346 g/mol. The van der Waals surface area contributed by atoms with Gasteiger partial charge in [0.2, 0.25) is 5.78 Å². The van der Waals surface area contributed by atoms with Crippen molar-refractivity contribution in [2.45, 2.75) is 0 Å². The van der Waals surface area contributed by atoms with Gasteiger partial charge in [0, 0.05) is 21.5 Å². The maximum Gasteiger partial charge on any atom is 0.209 e. The van der Waals surface area contributed by atoms with Crippen LogP contribution in [0.4, 0.5) is 0 Å². The van der Waals surface area contributed by atoms with E-state index in [-0.39, 0.29) is 16.9 Å². The third-order valence-corrected chi connectivity index (χ3v) is 4.52. The number of pyridine rings is 1. The number of carbonyl (C=O) groups is 1. The molecule has 0 unspecified atom stereocenters. The number of benzene rings is 3. The Hall–Kier alpha value is -3.17. The SMILES string of the molecule is O=C(c1ccccc1)c1[nH]c2ccc(Cl)cc2c(=O)c1-c1ccccc1. The second kappa shape index (κ2) is 6.62. The number of halogens is 1. The molecule has 126 valence electrons. The van der Waals surface area contributed by atoms with E-state index in [0.717, 1.165) is 0 Å². The topological polar surface area (TPSA) is 49.9 Å². The normalized spacial score (nSPS) is 10.8. The van der Waals surface area contributed by atoms with Gasteiger partial charge in [-0.15, -0.1) is 0 Å². The lowest BCUT2D eigenvalue weighted by atomic mass is 9.96. The summed E-state index contributed by atoms with van der Waals surface area (Å²) in [6.07, 6.45) is 0. The van der Waals surface area contributed by atoms with Gasteiger partial charge in [0.15, 0.2) is 5.43 Å². The monoisotopic (exact) mass is 359 g/mol. The summed E-state index contributed by atoms with van der Waals surface area (Å²) in [7, 11) is 0. The first-order valence-corrected chi connectivity index (χ1v) is 8.53. The van der Waals surface area contributed by atoms with Crippen LogP contribution >= 0.6 is 11.6 Å². The van der Waals surface area contributed by atoms with Crippen molar-refractivity contribution in [2.75, 3.05) is 0 Å². The average Bonchev–Trinajstić information content (AvgIpc) is 2.69. The molecule has 0 atom stereocenters. The van der Waals surface area contributed by atoms with Crippen molar-refractivity contribution in [3.05, 3.63) is 105 Å². The Bertz CT molecular complexity index is 1170. The molecule has 3 nitrogen and oxygen atoms in total. The summed E-state index contributed by atoms with van der Waals surface area (Å²) in [5, 5.41) is 0.935. The number of aromatic nitrogens is 1. The van der Waals surface area contributed by atoms with E-state index in [1.54, 1.807) is 42.5 Å². The van der Waals surface area contributed by atoms with Gasteiger partial charge in [-0.3, -0.25) is 9.59 Å². The van der Waals surface area contributed by atoms with Crippen LogP contribution in [-0.4, -0.2) is 10.8 Å². The van der Waals surface area contributed by atoms with E-state index < -0.39 is 0 Å². The Morgan fingerprint density at radius 3 is 2.19 bits per heavy atom. The molecule has 26 heavy (non-hydrogen) atoms. The first-order valence-electron chi connectivity index (χ1n) is 8.16. The minimum atomic E-state index is -0.224. The molecule has 0 fully saturated rings. The number of ketones is 1. The summed E-state index contributed by atoms with van der Waals surface area (Å²) in [5.74, 6) is -0.224. The lowest BCUT2D eigenvalue weighted by Crippen LogP contribution is -2.16. The van der Waals surface area contributed by atoms with Crippen molar-refractivity contribution in [1.82, 2.24) is 4.98 Å². The molecule has 0 aliphatic carbocycles. The number of nitrogens with one attached hydrogen (secondary N) is 1. The maximum atomic E-state index is 13.2. The van der Waals surface area contributed by atoms with Gasteiger partial charge < -0.3 is 4.98 Å². The summed E-state index contributed by atoms with van der Waals surface area (Å²) < 4.78 is 0. The molecule has 0 aliphatic heterocycles. The van der Waals surface area contributed by atoms with Crippen LogP contribution < -0.4 is 5.43 Å². The van der Waals surface area contributed by atoms with Crippen LogP contribution in [0.3, 0.4) is 0 Å². The predicted octanol–water partition coefficient (Wildman–Crippen LogP) is 5.08. The van der Waals surface area contributed by atoms with E-state index in [1.807, 2.05) is 36.4 Å². The summed E-state index contributed by atoms with van der Waals surface area (Å²) >= 11 is 6.07. The van der Waals surface area contributed by atoms with Gasteiger partial charge in [0.1, 0.15) is 0 Å². The van der Waals surface area contributed by atoms with Crippen molar-refractivity contribution >= 4 is 28.3 Å². The van der Waals surface area contributed by atoms with Gasteiger partial charge in [-0.1, -0.05) is 72.3 Å². The molecule has 0 saturated carbocycles. The summed E-state index contributed by atoms with van der Waals surface area (Å²) in [6.45, 7) is 0. The molecule has 4 aromatic rings. The van der Waals surface area contributed by atoms with E-state index in [1.165, 1.54) is 0 Å². The number of carbonyl (C=O) groups excluding carboxylic acids is 1. The highest BCUT2D eigenvalue weighted by molar-refractivity contribution is 6.31. The molecule has 4 rings (SSSR count). The van der Waals surface area contributed by atoms with E-state index in [9.17, 15) is 9.59 Å². The fraction of sp³-hybridized carbons (Fsp3) is 0. The van der Waals surface area contributed by atoms with Gasteiger partial charge in [0.05, 0.1) is 11.3 Å². The highest BCUT2D eigenvalue weighted by Gasteiger charge is 2.20. The highest BCUT2D eigenvalue weighted by atomic mass is 35.5. The Balaban J connectivity index is 2.07. The quantitative estimate of drug-likeness (QED) is 0.518. The van der Waals surface area contributed by atoms with Gasteiger partial charge in [-0.25, -0.2) is 0 Å². The maximum absolute atomic E-state index is 13.2. The van der Waals surface area contributed by atoms with Gasteiger partial charge >= 0.3 is 0 Å². The van der Waals surface area contributed by atoms with Crippen molar-refractivity contribution < 1.29 is 4.79 Å². The molecule has 0 bridgehead atoms. The Labute approximate surface area is 154 Å². The second-order valence-electron chi connectivity index (χ2n) is 5.96. The molecule has 1 N–H and O–H groups in total. The van der Waals surface area contributed by atoms with Crippen molar-refractivity contribution in [3.63, 3.8) is 0 Å². The van der Waals surface area contributed by atoms with E-state index in [2.05, 4.69) is 4.98 Å².